The summed E-state index contributed by atoms with van der Waals surface area (Å²) in [6.07, 6.45) is 0.846. The highest BCUT2D eigenvalue weighted by Gasteiger charge is 2.18. The third kappa shape index (κ3) is 2.95. The van der Waals surface area contributed by atoms with Crippen molar-refractivity contribution < 1.29 is 13.9 Å². The Bertz CT molecular complexity index is 544. The van der Waals surface area contributed by atoms with Crippen LogP contribution in [0.1, 0.15) is 30.0 Å². The number of benzene rings is 1. The van der Waals surface area contributed by atoms with Crippen molar-refractivity contribution in [3.63, 3.8) is 0 Å². The molecule has 0 radical (unpaired) electrons. The Hall–Kier alpha value is -1.98. The third-order valence-corrected chi connectivity index (χ3v) is 3.19. The van der Waals surface area contributed by atoms with Crippen molar-refractivity contribution in [3.8, 4) is 11.5 Å². The lowest BCUT2D eigenvalue weighted by Crippen LogP contribution is -2.28. The van der Waals surface area contributed by atoms with Crippen molar-refractivity contribution >= 4 is 0 Å². The molecule has 0 aliphatic carbocycles. The van der Waals surface area contributed by atoms with Gasteiger partial charge in [0.05, 0.1) is 14.2 Å². The molecule has 2 rings (SSSR count). The third-order valence-electron chi connectivity index (χ3n) is 3.19. The minimum absolute atomic E-state index is 0.251. The van der Waals surface area contributed by atoms with Gasteiger partial charge in [-0.05, 0) is 29.8 Å². The molecule has 1 aromatic heterocycles. The number of nitrogens with one attached hydrogen (secondary N) is 1. The molecule has 0 bridgehead atoms. The smallest absolute Gasteiger partial charge is 0.126 e. The summed E-state index contributed by atoms with van der Waals surface area (Å²) >= 11 is 0. The van der Waals surface area contributed by atoms with E-state index in [1.807, 2.05) is 37.3 Å². The maximum Gasteiger partial charge on any atom is 0.126 e. The molecule has 0 spiro atoms. The molecule has 3 N–H and O–H groups in total. The van der Waals surface area contributed by atoms with E-state index in [1.54, 1.807) is 14.2 Å². The van der Waals surface area contributed by atoms with Crippen LogP contribution in [0.3, 0.4) is 0 Å². The van der Waals surface area contributed by atoms with Gasteiger partial charge in [0.1, 0.15) is 29.1 Å². The monoisotopic (exact) mass is 276 g/mol. The lowest BCUT2D eigenvalue weighted by molar-refractivity contribution is 0.389. The Morgan fingerprint density at radius 2 is 1.80 bits per heavy atom. The average Bonchev–Trinajstić information content (AvgIpc) is 2.96. The first-order valence-corrected chi connectivity index (χ1v) is 6.49. The molecule has 2 aromatic rings. The Morgan fingerprint density at radius 3 is 2.25 bits per heavy atom. The number of hydrazine groups is 1. The highest BCUT2D eigenvalue weighted by atomic mass is 16.5. The van der Waals surface area contributed by atoms with E-state index >= 15 is 0 Å². The number of aryl methyl sites for hydroxylation is 1. The SMILES string of the molecule is CCc1ccc(C(NN)c2cc(OC)cc(OC)c2)o1. The topological polar surface area (TPSA) is 69.7 Å². The maximum atomic E-state index is 5.76. The van der Waals surface area contributed by atoms with E-state index in [9.17, 15) is 0 Å². The van der Waals surface area contributed by atoms with Crippen LogP contribution in [0.25, 0.3) is 0 Å². The molecule has 5 heteroatoms. The Balaban J connectivity index is 2.40. The molecule has 0 aliphatic rings. The van der Waals surface area contributed by atoms with Gasteiger partial charge in [-0.3, -0.25) is 5.84 Å². The summed E-state index contributed by atoms with van der Waals surface area (Å²) < 4.78 is 16.3. The Morgan fingerprint density at radius 1 is 1.15 bits per heavy atom. The Labute approximate surface area is 118 Å². The van der Waals surface area contributed by atoms with Crippen molar-refractivity contribution in [2.75, 3.05) is 14.2 Å². The first-order chi connectivity index (χ1) is 9.71. The van der Waals surface area contributed by atoms with Crippen LogP contribution in [0.2, 0.25) is 0 Å². The Kier molecular flexibility index (Phi) is 4.65. The van der Waals surface area contributed by atoms with Gasteiger partial charge in [-0.2, -0.15) is 0 Å². The first-order valence-electron chi connectivity index (χ1n) is 6.49. The summed E-state index contributed by atoms with van der Waals surface area (Å²) in [6, 6.07) is 9.25. The van der Waals surface area contributed by atoms with Crippen molar-refractivity contribution in [1.82, 2.24) is 5.43 Å². The van der Waals surface area contributed by atoms with Gasteiger partial charge >= 0.3 is 0 Å². The maximum absolute atomic E-state index is 5.76. The van der Waals surface area contributed by atoms with Gasteiger partial charge in [0.25, 0.3) is 0 Å². The average molecular weight is 276 g/mol. The van der Waals surface area contributed by atoms with Gasteiger partial charge in [-0.15, -0.1) is 0 Å². The molecule has 1 heterocycles. The number of nitrogens with two attached hydrogens (primary N) is 1. The molecule has 1 atom stereocenters. The lowest BCUT2D eigenvalue weighted by atomic mass is 10.0. The van der Waals surface area contributed by atoms with Crippen LogP contribution in [0.4, 0.5) is 0 Å². The predicted molar refractivity (Wildman–Crippen MR) is 76.8 cm³/mol. The predicted octanol–water partition coefficient (Wildman–Crippen LogP) is 2.41. The van der Waals surface area contributed by atoms with Crippen molar-refractivity contribution in [2.24, 2.45) is 5.84 Å². The summed E-state index contributed by atoms with van der Waals surface area (Å²) in [5.74, 6) is 8.79. The molecular weight excluding hydrogens is 256 g/mol. The first kappa shape index (κ1) is 14.4. The van der Waals surface area contributed by atoms with Crippen LogP contribution in [0, 0.1) is 0 Å². The van der Waals surface area contributed by atoms with Gasteiger partial charge < -0.3 is 13.9 Å². The molecule has 0 fully saturated rings. The van der Waals surface area contributed by atoms with E-state index < -0.39 is 0 Å². The minimum atomic E-state index is -0.251. The van der Waals surface area contributed by atoms with Crippen LogP contribution < -0.4 is 20.7 Å². The molecule has 20 heavy (non-hydrogen) atoms. The molecule has 1 unspecified atom stereocenters. The number of rotatable bonds is 6. The molecule has 0 saturated carbocycles. The molecule has 5 nitrogen and oxygen atoms in total. The summed E-state index contributed by atoms with van der Waals surface area (Å²) in [5, 5.41) is 0. The summed E-state index contributed by atoms with van der Waals surface area (Å²) in [5.41, 5.74) is 3.69. The second kappa shape index (κ2) is 6.45. The molecule has 0 aliphatic heterocycles. The molecular formula is C15H20N2O3. The molecule has 108 valence electrons. The van der Waals surface area contributed by atoms with Gasteiger partial charge in [0.2, 0.25) is 0 Å². The van der Waals surface area contributed by atoms with E-state index in [0.717, 1.165) is 23.5 Å². The van der Waals surface area contributed by atoms with E-state index in [2.05, 4.69) is 5.43 Å². The van der Waals surface area contributed by atoms with Gasteiger partial charge in [-0.25, -0.2) is 5.43 Å². The zero-order valence-corrected chi connectivity index (χ0v) is 12.0. The second-order valence-electron chi connectivity index (χ2n) is 4.40. The fourth-order valence-electron chi connectivity index (χ4n) is 2.08. The van der Waals surface area contributed by atoms with Crippen LogP contribution in [0.5, 0.6) is 11.5 Å². The fourth-order valence-corrected chi connectivity index (χ4v) is 2.08. The highest BCUT2D eigenvalue weighted by molar-refractivity contribution is 5.41. The van der Waals surface area contributed by atoms with E-state index in [0.29, 0.717) is 11.5 Å². The van der Waals surface area contributed by atoms with Crippen molar-refractivity contribution in [3.05, 3.63) is 47.4 Å². The molecule has 0 amide bonds. The van der Waals surface area contributed by atoms with E-state index in [-0.39, 0.29) is 6.04 Å². The van der Waals surface area contributed by atoms with E-state index in [1.165, 1.54) is 0 Å². The van der Waals surface area contributed by atoms with Crippen LogP contribution in [-0.2, 0) is 6.42 Å². The standard InChI is InChI=1S/C15H20N2O3/c1-4-11-5-6-14(20-11)15(17-16)10-7-12(18-2)9-13(8-10)19-3/h5-9,15,17H,4,16H2,1-3H3. The summed E-state index contributed by atoms with van der Waals surface area (Å²) in [4.78, 5) is 0. The van der Waals surface area contributed by atoms with Gasteiger partial charge in [0, 0.05) is 12.5 Å². The quantitative estimate of drug-likeness (QED) is 0.626. The fraction of sp³-hybridized carbons (Fsp3) is 0.333. The number of hydrogen-bond donors (Lipinski definition) is 2. The number of hydrogen-bond acceptors (Lipinski definition) is 5. The van der Waals surface area contributed by atoms with Crippen molar-refractivity contribution in [2.45, 2.75) is 19.4 Å². The zero-order chi connectivity index (χ0) is 14.5. The number of furan rings is 1. The summed E-state index contributed by atoms with van der Waals surface area (Å²) in [7, 11) is 3.23. The number of ether oxygens (including phenoxy) is 2. The van der Waals surface area contributed by atoms with Crippen LogP contribution in [-0.4, -0.2) is 14.2 Å². The van der Waals surface area contributed by atoms with Crippen LogP contribution in [0.15, 0.2) is 34.7 Å². The van der Waals surface area contributed by atoms with Gasteiger partial charge in [-0.1, -0.05) is 6.92 Å². The van der Waals surface area contributed by atoms with E-state index in [4.69, 9.17) is 19.7 Å². The minimum Gasteiger partial charge on any atom is -0.497 e. The lowest BCUT2D eigenvalue weighted by Gasteiger charge is -2.16. The number of methoxy groups -OCH3 is 2. The summed E-state index contributed by atoms with van der Waals surface area (Å²) in [6.45, 7) is 2.04. The zero-order valence-electron chi connectivity index (χ0n) is 12.0. The largest absolute Gasteiger partial charge is 0.497 e. The van der Waals surface area contributed by atoms with Crippen LogP contribution >= 0.6 is 0 Å². The highest BCUT2D eigenvalue weighted by Crippen LogP contribution is 2.30. The molecule has 1 aromatic carbocycles. The normalized spacial score (nSPS) is 12.2. The molecule has 0 saturated heterocycles. The van der Waals surface area contributed by atoms with Crippen molar-refractivity contribution in [1.29, 1.82) is 0 Å². The second-order valence-corrected chi connectivity index (χ2v) is 4.40. The van der Waals surface area contributed by atoms with Gasteiger partial charge in [0.15, 0.2) is 0 Å².